The third-order valence-electron chi connectivity index (χ3n) is 1.52. The van der Waals surface area contributed by atoms with E-state index in [-0.39, 0.29) is 12.1 Å². The van der Waals surface area contributed by atoms with E-state index in [1.54, 1.807) is 6.21 Å². The summed E-state index contributed by atoms with van der Waals surface area (Å²) < 4.78 is 5.02. The van der Waals surface area contributed by atoms with Crippen molar-refractivity contribution in [3.63, 3.8) is 0 Å². The molecule has 3 heteroatoms. The molecule has 0 aliphatic carbocycles. The number of rotatable bonds is 5. The molecule has 1 unspecified atom stereocenters. The molecule has 0 aromatic heterocycles. The Kier molecular flexibility index (Phi) is 6.72. The molecule has 0 amide bonds. The van der Waals surface area contributed by atoms with Gasteiger partial charge in [0.15, 0.2) is 0 Å². The Morgan fingerprint density at radius 1 is 1.50 bits per heavy atom. The lowest BCUT2D eigenvalue weighted by Crippen LogP contribution is -2.12. The zero-order valence-corrected chi connectivity index (χ0v) is 9.36. The summed E-state index contributed by atoms with van der Waals surface area (Å²) in [6, 6.07) is 0.299. The minimum absolute atomic E-state index is 0.133. The summed E-state index contributed by atoms with van der Waals surface area (Å²) in [5.74, 6) is -0.248. The molecule has 0 fully saturated rings. The van der Waals surface area contributed by atoms with Crippen LogP contribution in [0, 0.1) is 0 Å². The van der Waals surface area contributed by atoms with E-state index in [0.717, 1.165) is 6.42 Å². The van der Waals surface area contributed by atoms with E-state index in [1.807, 2.05) is 32.9 Å². The number of aliphatic imine (C=N–C) groups is 1. The molecule has 0 rings (SSSR count). The van der Waals surface area contributed by atoms with Gasteiger partial charge >= 0.3 is 5.97 Å². The average molecular weight is 197 g/mol. The van der Waals surface area contributed by atoms with Crippen molar-refractivity contribution in [2.24, 2.45) is 4.99 Å². The zero-order valence-electron chi connectivity index (χ0n) is 9.36. The quantitative estimate of drug-likeness (QED) is 0.501. The second-order valence-electron chi connectivity index (χ2n) is 3.33. The van der Waals surface area contributed by atoms with Crippen LogP contribution in [-0.2, 0) is 9.53 Å². The average Bonchev–Trinajstić information content (AvgIpc) is 2.09. The molecular formula is C11H19NO2. The molecule has 0 saturated carbocycles. The normalized spacial score (nSPS) is 14.1. The predicted molar refractivity (Wildman–Crippen MR) is 58.6 cm³/mol. The predicted octanol–water partition coefficient (Wildman–Crippen LogP) is 2.36. The summed E-state index contributed by atoms with van der Waals surface area (Å²) in [5.41, 5.74) is 0. The van der Waals surface area contributed by atoms with Gasteiger partial charge in [-0.2, -0.15) is 0 Å². The van der Waals surface area contributed by atoms with Gasteiger partial charge < -0.3 is 4.74 Å². The van der Waals surface area contributed by atoms with Crippen molar-refractivity contribution < 1.29 is 9.53 Å². The molecular weight excluding hydrogens is 178 g/mol. The fourth-order valence-electron chi connectivity index (χ4n) is 0.867. The summed E-state index contributed by atoms with van der Waals surface area (Å²) in [5, 5.41) is 0. The number of esters is 1. The van der Waals surface area contributed by atoms with Crippen LogP contribution in [0.25, 0.3) is 0 Å². The van der Waals surface area contributed by atoms with Crippen LogP contribution in [0.4, 0.5) is 0 Å². The van der Waals surface area contributed by atoms with Gasteiger partial charge in [-0.05, 0) is 32.4 Å². The van der Waals surface area contributed by atoms with Crippen LogP contribution in [0.2, 0.25) is 0 Å². The number of allylic oxidation sites excluding steroid dienone is 1. The molecule has 80 valence electrons. The SMILES string of the molecule is CCC(/C=C/C=NC(C)C)OC(C)=O. The Morgan fingerprint density at radius 2 is 2.14 bits per heavy atom. The highest BCUT2D eigenvalue weighted by Gasteiger charge is 2.03. The first-order valence-electron chi connectivity index (χ1n) is 4.93. The fourth-order valence-corrected chi connectivity index (χ4v) is 0.867. The first-order chi connectivity index (χ1) is 6.56. The van der Waals surface area contributed by atoms with Gasteiger partial charge in [0.1, 0.15) is 6.10 Å². The second-order valence-corrected chi connectivity index (χ2v) is 3.33. The van der Waals surface area contributed by atoms with Crippen LogP contribution in [-0.4, -0.2) is 24.3 Å². The van der Waals surface area contributed by atoms with Gasteiger partial charge in [0, 0.05) is 19.2 Å². The third kappa shape index (κ3) is 7.53. The molecule has 1 atom stereocenters. The van der Waals surface area contributed by atoms with Crippen LogP contribution in [0.3, 0.4) is 0 Å². The lowest BCUT2D eigenvalue weighted by Gasteiger charge is -2.09. The summed E-state index contributed by atoms with van der Waals surface area (Å²) in [4.78, 5) is 14.8. The molecule has 0 N–H and O–H groups in total. The van der Waals surface area contributed by atoms with Crippen molar-refractivity contribution in [1.29, 1.82) is 0 Å². The number of carbonyl (C=O) groups excluding carboxylic acids is 1. The van der Waals surface area contributed by atoms with Crippen LogP contribution < -0.4 is 0 Å². The van der Waals surface area contributed by atoms with Crippen LogP contribution in [0.5, 0.6) is 0 Å². The van der Waals surface area contributed by atoms with Crippen LogP contribution >= 0.6 is 0 Å². The summed E-state index contributed by atoms with van der Waals surface area (Å²) >= 11 is 0. The first kappa shape index (κ1) is 12.9. The van der Waals surface area contributed by atoms with Crippen molar-refractivity contribution in [3.8, 4) is 0 Å². The number of carbonyl (C=O) groups is 1. The molecule has 0 heterocycles. The van der Waals surface area contributed by atoms with E-state index in [1.165, 1.54) is 6.92 Å². The Hall–Kier alpha value is -1.12. The van der Waals surface area contributed by atoms with Crippen molar-refractivity contribution in [1.82, 2.24) is 0 Å². The molecule has 0 aliphatic heterocycles. The molecule has 0 aromatic rings. The van der Waals surface area contributed by atoms with E-state index < -0.39 is 0 Å². The zero-order chi connectivity index (χ0) is 11.0. The topological polar surface area (TPSA) is 38.7 Å². The lowest BCUT2D eigenvalue weighted by molar-refractivity contribution is -0.144. The number of hydrogen-bond acceptors (Lipinski definition) is 3. The highest BCUT2D eigenvalue weighted by Crippen LogP contribution is 1.99. The number of nitrogens with zero attached hydrogens (tertiary/aromatic N) is 1. The van der Waals surface area contributed by atoms with E-state index in [9.17, 15) is 4.79 Å². The smallest absolute Gasteiger partial charge is 0.303 e. The molecule has 0 saturated heterocycles. The minimum atomic E-state index is -0.248. The molecule has 0 aliphatic rings. The molecule has 14 heavy (non-hydrogen) atoms. The van der Waals surface area contributed by atoms with Gasteiger partial charge in [0.2, 0.25) is 0 Å². The van der Waals surface area contributed by atoms with Crippen LogP contribution in [0.15, 0.2) is 17.1 Å². The monoisotopic (exact) mass is 197 g/mol. The fraction of sp³-hybridized carbons (Fsp3) is 0.636. The maximum Gasteiger partial charge on any atom is 0.303 e. The van der Waals surface area contributed by atoms with Gasteiger partial charge in [-0.3, -0.25) is 9.79 Å². The first-order valence-corrected chi connectivity index (χ1v) is 4.93. The summed E-state index contributed by atoms with van der Waals surface area (Å²) in [6.07, 6.45) is 6.04. The van der Waals surface area contributed by atoms with Gasteiger partial charge in [0.05, 0.1) is 0 Å². The van der Waals surface area contributed by atoms with Crippen molar-refractivity contribution in [3.05, 3.63) is 12.2 Å². The summed E-state index contributed by atoms with van der Waals surface area (Å²) in [6.45, 7) is 7.40. The lowest BCUT2D eigenvalue weighted by atomic mass is 10.2. The number of hydrogen-bond donors (Lipinski definition) is 0. The molecule has 0 bridgehead atoms. The van der Waals surface area contributed by atoms with Gasteiger partial charge in [0.25, 0.3) is 0 Å². The highest BCUT2D eigenvalue weighted by molar-refractivity contribution is 5.71. The van der Waals surface area contributed by atoms with Gasteiger partial charge in [-0.15, -0.1) is 0 Å². The third-order valence-corrected chi connectivity index (χ3v) is 1.52. The minimum Gasteiger partial charge on any atom is -0.458 e. The largest absolute Gasteiger partial charge is 0.458 e. The van der Waals surface area contributed by atoms with E-state index in [4.69, 9.17) is 4.74 Å². The highest BCUT2D eigenvalue weighted by atomic mass is 16.5. The van der Waals surface area contributed by atoms with E-state index in [2.05, 4.69) is 4.99 Å². The van der Waals surface area contributed by atoms with Gasteiger partial charge in [-0.1, -0.05) is 6.92 Å². The van der Waals surface area contributed by atoms with Gasteiger partial charge in [-0.25, -0.2) is 0 Å². The Bertz CT molecular complexity index is 219. The standard InChI is InChI=1S/C11H19NO2/c1-5-11(14-10(4)13)7-6-8-12-9(2)3/h6-9,11H,5H2,1-4H3/b7-6+,12-8?. The maximum atomic E-state index is 10.7. The van der Waals surface area contributed by atoms with E-state index >= 15 is 0 Å². The summed E-state index contributed by atoms with van der Waals surface area (Å²) in [7, 11) is 0. The van der Waals surface area contributed by atoms with E-state index in [0.29, 0.717) is 6.04 Å². The van der Waals surface area contributed by atoms with Crippen LogP contribution in [0.1, 0.15) is 34.1 Å². The molecule has 0 aromatic carbocycles. The van der Waals surface area contributed by atoms with Crippen molar-refractivity contribution >= 4 is 12.2 Å². The Labute approximate surface area is 85.9 Å². The second kappa shape index (κ2) is 7.30. The van der Waals surface area contributed by atoms with Crippen molar-refractivity contribution in [2.75, 3.05) is 0 Å². The molecule has 0 spiro atoms. The molecule has 3 nitrogen and oxygen atoms in total. The Morgan fingerprint density at radius 3 is 2.57 bits per heavy atom. The van der Waals surface area contributed by atoms with Crippen molar-refractivity contribution in [2.45, 2.75) is 46.3 Å². The maximum absolute atomic E-state index is 10.7. The molecule has 0 radical (unpaired) electrons. The number of ether oxygens (including phenoxy) is 1. The Balaban J connectivity index is 3.98.